The lowest BCUT2D eigenvalue weighted by Gasteiger charge is -2.46. The fourth-order valence-corrected chi connectivity index (χ4v) is 10.6. The van der Waals surface area contributed by atoms with Crippen LogP contribution in [-0.4, -0.2) is 140 Å². The van der Waals surface area contributed by atoms with Gasteiger partial charge in [-0.2, -0.15) is 0 Å². The van der Waals surface area contributed by atoms with Crippen LogP contribution in [0.5, 0.6) is 0 Å². The summed E-state index contributed by atoms with van der Waals surface area (Å²) in [5.41, 5.74) is 0. The molecule has 476 valence electrons. The topological polar surface area (TPSA) is 228 Å². The van der Waals surface area contributed by atoms with Crippen molar-refractivity contribution < 1.29 is 64.6 Å². The molecule has 2 saturated heterocycles. The summed E-state index contributed by atoms with van der Waals surface area (Å²) in [5.74, 6) is -0.255. The van der Waals surface area contributed by atoms with Gasteiger partial charge in [0, 0.05) is 6.42 Å². The third-order valence-corrected chi connectivity index (χ3v) is 15.9. The van der Waals surface area contributed by atoms with Gasteiger partial charge in [0.1, 0.15) is 48.8 Å². The molecule has 0 aromatic heterocycles. The number of carbonyl (C=O) groups excluding carboxylic acids is 1. The molecule has 2 aliphatic heterocycles. The van der Waals surface area contributed by atoms with Crippen LogP contribution in [0.3, 0.4) is 0 Å². The van der Waals surface area contributed by atoms with E-state index in [0.717, 1.165) is 51.4 Å². The van der Waals surface area contributed by atoms with Crippen LogP contribution in [0.25, 0.3) is 0 Å². The summed E-state index contributed by atoms with van der Waals surface area (Å²) in [4.78, 5) is 13.2. The van der Waals surface area contributed by atoms with Gasteiger partial charge in [-0.1, -0.05) is 247 Å². The normalized spacial score (nSPS) is 24.4. The lowest BCUT2D eigenvalue weighted by Crippen LogP contribution is -2.65. The molecular formula is C68H121NO13. The highest BCUT2D eigenvalue weighted by Gasteiger charge is 2.51. The standard InChI is InChI=1S/C68H121NO13/c1-3-5-7-9-11-13-14-15-16-17-18-19-20-21-22-23-24-25-26-27-28-29-30-31-32-33-34-35-36-37-38-39-40-41-42-44-46-48-50-52-60(73)69-56(57(72)51-49-47-45-43-12-10-8-6-4-2)55-79-67-65(78)63(76)66(59(54-71)81-67)82-68-64(77)62(75)61(74)58(53-70)80-68/h4,6,12,14-15,17-18,20-21,43,49,51,56-59,61-68,70-72,74-78H,3,5,7-11,13,16,19,22-42,44-48,50,52-55H2,1-2H3,(H,69,73)/b6-4+,15-14-,18-17-,21-20-,43-12+,51-49+. The molecule has 14 nitrogen and oxygen atoms in total. The maximum absolute atomic E-state index is 13.2. The molecule has 2 heterocycles. The van der Waals surface area contributed by atoms with Crippen LogP contribution < -0.4 is 5.32 Å². The average Bonchev–Trinajstić information content (AvgIpc) is 3.24. The molecule has 12 unspecified atom stereocenters. The number of amides is 1. The van der Waals surface area contributed by atoms with Crippen LogP contribution in [-0.2, 0) is 23.7 Å². The van der Waals surface area contributed by atoms with Gasteiger partial charge in [-0.15, -0.1) is 0 Å². The van der Waals surface area contributed by atoms with Gasteiger partial charge in [-0.25, -0.2) is 0 Å². The molecule has 9 N–H and O–H groups in total. The SMILES string of the molecule is C/C=C/CC/C=C/CC/C=C/C(O)C(COC1OC(CO)C(OC2OC(CO)C(O)C(O)C2O)C(O)C1O)NC(=O)CCCCCCCCCCCCCCCCCCCCCCCCCC/C=C\C/C=C\C/C=C\CCCCCCC. The maximum atomic E-state index is 13.2. The minimum atomic E-state index is -1.79. The third-order valence-electron chi connectivity index (χ3n) is 15.9. The molecule has 0 radical (unpaired) electrons. The number of carbonyl (C=O) groups is 1. The second-order valence-electron chi connectivity index (χ2n) is 23.2. The molecule has 1 amide bonds. The van der Waals surface area contributed by atoms with Crippen molar-refractivity contribution in [3.05, 3.63) is 72.9 Å². The first kappa shape index (κ1) is 75.5. The number of aliphatic hydroxyl groups is 8. The molecule has 2 rings (SSSR count). The fraction of sp³-hybridized carbons (Fsp3) is 0.809. The first-order chi connectivity index (χ1) is 40.1. The predicted octanol–water partition coefficient (Wildman–Crippen LogP) is 12.7. The van der Waals surface area contributed by atoms with E-state index in [1.807, 2.05) is 19.1 Å². The molecular weight excluding hydrogens is 1040 g/mol. The Kier molecular flexibility index (Phi) is 48.6. The highest BCUT2D eigenvalue weighted by molar-refractivity contribution is 5.76. The minimum absolute atomic E-state index is 0.255. The number of nitrogens with one attached hydrogen (secondary N) is 1. The monoisotopic (exact) mass is 1160 g/mol. The van der Waals surface area contributed by atoms with Crippen LogP contribution in [0.2, 0.25) is 0 Å². The van der Waals surface area contributed by atoms with Gasteiger partial charge in [0.15, 0.2) is 12.6 Å². The Hall–Kier alpha value is -2.57. The fourth-order valence-electron chi connectivity index (χ4n) is 10.6. The largest absolute Gasteiger partial charge is 0.394 e. The number of aliphatic hydroxyl groups excluding tert-OH is 8. The lowest BCUT2D eigenvalue weighted by molar-refractivity contribution is -0.359. The summed E-state index contributed by atoms with van der Waals surface area (Å²) in [6.45, 7) is 2.52. The zero-order valence-corrected chi connectivity index (χ0v) is 51.5. The Morgan fingerprint density at radius 1 is 0.463 bits per heavy atom. The second kappa shape index (κ2) is 52.7. The van der Waals surface area contributed by atoms with Gasteiger partial charge in [0.05, 0.1) is 32.0 Å². The summed E-state index contributed by atoms with van der Waals surface area (Å²) >= 11 is 0. The first-order valence-electron chi connectivity index (χ1n) is 33.1. The van der Waals surface area contributed by atoms with Crippen molar-refractivity contribution in [2.75, 3.05) is 19.8 Å². The molecule has 12 atom stereocenters. The zero-order chi connectivity index (χ0) is 59.5. The van der Waals surface area contributed by atoms with Gasteiger partial charge in [-0.3, -0.25) is 4.79 Å². The number of rotatable bonds is 53. The quantitative estimate of drug-likeness (QED) is 0.0204. The summed E-state index contributed by atoms with van der Waals surface area (Å²) < 4.78 is 22.7. The van der Waals surface area contributed by atoms with Crippen molar-refractivity contribution in [1.29, 1.82) is 0 Å². The second-order valence-corrected chi connectivity index (χ2v) is 23.2. The Balaban J connectivity index is 1.52. The number of allylic oxidation sites excluding steroid dienone is 11. The van der Waals surface area contributed by atoms with Crippen LogP contribution >= 0.6 is 0 Å². The number of hydrogen-bond donors (Lipinski definition) is 9. The number of hydrogen-bond acceptors (Lipinski definition) is 13. The summed E-state index contributed by atoms with van der Waals surface area (Å²) in [6, 6.07) is -0.937. The lowest BCUT2D eigenvalue weighted by atomic mass is 9.97. The van der Waals surface area contributed by atoms with Gasteiger partial charge < -0.3 is 65.1 Å². The van der Waals surface area contributed by atoms with Gasteiger partial charge >= 0.3 is 0 Å². The summed E-state index contributed by atoms with van der Waals surface area (Å²) in [5, 5.41) is 86.8. The van der Waals surface area contributed by atoms with Gasteiger partial charge in [0.2, 0.25) is 5.91 Å². The molecule has 14 heteroatoms. The highest BCUT2D eigenvalue weighted by atomic mass is 16.7. The van der Waals surface area contributed by atoms with E-state index < -0.39 is 86.8 Å². The first-order valence-corrected chi connectivity index (χ1v) is 33.1. The van der Waals surface area contributed by atoms with Crippen molar-refractivity contribution >= 4 is 5.91 Å². The Morgan fingerprint density at radius 3 is 1.34 bits per heavy atom. The van der Waals surface area contributed by atoms with E-state index in [9.17, 15) is 45.6 Å². The van der Waals surface area contributed by atoms with E-state index in [-0.39, 0.29) is 18.9 Å². The van der Waals surface area contributed by atoms with E-state index in [2.05, 4.69) is 66.9 Å². The number of unbranched alkanes of at least 4 members (excludes halogenated alkanes) is 31. The molecule has 0 aliphatic carbocycles. The van der Waals surface area contributed by atoms with Crippen molar-refractivity contribution in [2.45, 2.75) is 331 Å². The maximum Gasteiger partial charge on any atom is 0.220 e. The average molecular weight is 1160 g/mol. The molecule has 0 bridgehead atoms. The van der Waals surface area contributed by atoms with Crippen molar-refractivity contribution in [3.8, 4) is 0 Å². The third kappa shape index (κ3) is 37.1. The van der Waals surface area contributed by atoms with E-state index in [1.165, 1.54) is 173 Å². The van der Waals surface area contributed by atoms with Crippen LogP contribution in [0.1, 0.15) is 258 Å². The predicted molar refractivity (Wildman–Crippen MR) is 332 cm³/mol. The Labute approximate surface area is 498 Å². The highest BCUT2D eigenvalue weighted by Crippen LogP contribution is 2.30. The molecule has 0 aromatic rings. The minimum Gasteiger partial charge on any atom is -0.394 e. The van der Waals surface area contributed by atoms with Crippen molar-refractivity contribution in [1.82, 2.24) is 5.32 Å². The van der Waals surface area contributed by atoms with Crippen LogP contribution in [0.15, 0.2) is 72.9 Å². The van der Waals surface area contributed by atoms with Gasteiger partial charge in [-0.05, 0) is 77.6 Å². The molecule has 0 spiro atoms. The van der Waals surface area contributed by atoms with Crippen LogP contribution in [0, 0.1) is 0 Å². The Bertz CT molecular complexity index is 1650. The summed E-state index contributed by atoms with van der Waals surface area (Å²) in [6.07, 6.45) is 54.6. The molecule has 0 saturated carbocycles. The van der Waals surface area contributed by atoms with Crippen molar-refractivity contribution in [3.63, 3.8) is 0 Å². The van der Waals surface area contributed by atoms with E-state index >= 15 is 0 Å². The number of ether oxygens (including phenoxy) is 4. The molecule has 2 fully saturated rings. The van der Waals surface area contributed by atoms with E-state index in [1.54, 1.807) is 6.08 Å². The zero-order valence-electron chi connectivity index (χ0n) is 51.5. The molecule has 0 aromatic carbocycles. The van der Waals surface area contributed by atoms with E-state index in [4.69, 9.17) is 18.9 Å². The Morgan fingerprint density at radius 2 is 0.866 bits per heavy atom. The molecule has 2 aliphatic rings. The smallest absolute Gasteiger partial charge is 0.220 e. The summed E-state index contributed by atoms with van der Waals surface area (Å²) in [7, 11) is 0. The van der Waals surface area contributed by atoms with Gasteiger partial charge in [0.25, 0.3) is 0 Å². The van der Waals surface area contributed by atoms with Crippen LogP contribution in [0.4, 0.5) is 0 Å². The van der Waals surface area contributed by atoms with Crippen molar-refractivity contribution in [2.24, 2.45) is 0 Å². The van der Waals surface area contributed by atoms with E-state index in [0.29, 0.717) is 12.8 Å². The molecule has 82 heavy (non-hydrogen) atoms.